The van der Waals surface area contributed by atoms with Crippen molar-refractivity contribution in [1.29, 1.82) is 0 Å². The molecule has 0 aromatic carbocycles. The minimum Gasteiger partial charge on any atom is -0.383 e. The molecule has 2 atom stereocenters. The van der Waals surface area contributed by atoms with Gasteiger partial charge in [0.1, 0.15) is 11.6 Å². The lowest BCUT2D eigenvalue weighted by Gasteiger charge is -2.04. The number of phosphoric ester groups is 1. The van der Waals surface area contributed by atoms with E-state index < -0.39 is 16.1 Å². The molecular weight excluding hydrogens is 390 g/mol. The Morgan fingerprint density at radius 1 is 1.48 bits per heavy atom. The van der Waals surface area contributed by atoms with Crippen molar-refractivity contribution in [2.24, 2.45) is 0 Å². The predicted octanol–water partition coefficient (Wildman–Crippen LogP) is 1.40. The third-order valence-electron chi connectivity index (χ3n) is 3.27. The Labute approximate surface area is 148 Å². The molecule has 13 heteroatoms. The van der Waals surface area contributed by atoms with Crippen LogP contribution in [0.15, 0.2) is 11.7 Å². The van der Waals surface area contributed by atoms with Gasteiger partial charge >= 0.3 is 16.1 Å². The molecule has 0 saturated heterocycles. The molecule has 0 radical (unpaired) electrons. The van der Waals surface area contributed by atoms with Gasteiger partial charge in [0, 0.05) is 24.1 Å². The van der Waals surface area contributed by atoms with E-state index >= 15 is 0 Å². The fraction of sp³-hybridized carbons (Fsp3) is 0.417. The van der Waals surface area contributed by atoms with Crippen LogP contribution in [0, 0.1) is 13.8 Å². The van der Waals surface area contributed by atoms with Crippen molar-refractivity contribution in [1.82, 2.24) is 9.97 Å². The highest BCUT2D eigenvalue weighted by Crippen LogP contribution is 2.50. The second kappa shape index (κ2) is 8.37. The Balaban J connectivity index is 1.99. The van der Waals surface area contributed by atoms with Gasteiger partial charge in [-0.25, -0.2) is 14.5 Å². The van der Waals surface area contributed by atoms with E-state index in [2.05, 4.69) is 18.8 Å². The first-order chi connectivity index (χ1) is 11.7. The molecule has 0 amide bonds. The van der Waals surface area contributed by atoms with Crippen molar-refractivity contribution >= 4 is 33.2 Å². The fourth-order valence-electron chi connectivity index (χ4n) is 2.03. The lowest BCUT2D eigenvalue weighted by molar-refractivity contribution is -0.689. The first-order valence-electron chi connectivity index (χ1n) is 7.05. The van der Waals surface area contributed by atoms with Crippen molar-refractivity contribution in [3.05, 3.63) is 33.7 Å². The van der Waals surface area contributed by atoms with Crippen LogP contribution in [0.1, 0.15) is 22.0 Å². The first-order valence-corrected chi connectivity index (χ1v) is 10.6. The molecule has 25 heavy (non-hydrogen) atoms. The molecule has 0 spiro atoms. The molecule has 2 aromatic rings. The number of nitrogen functional groups attached to an aromatic ring is 1. The molecule has 2 heterocycles. The van der Waals surface area contributed by atoms with E-state index in [0.717, 1.165) is 16.1 Å². The van der Waals surface area contributed by atoms with Gasteiger partial charge in [0.2, 0.25) is 5.51 Å². The van der Waals surface area contributed by atoms with Gasteiger partial charge in [-0.05, 0) is 11.2 Å². The second-order valence-corrected chi connectivity index (χ2v) is 8.32. The van der Waals surface area contributed by atoms with E-state index in [1.165, 1.54) is 11.3 Å². The summed E-state index contributed by atoms with van der Waals surface area (Å²) in [4.78, 5) is 26.9. The van der Waals surface area contributed by atoms with Gasteiger partial charge in [0.25, 0.3) is 0 Å². The Bertz CT molecular complexity index is 830. The second-order valence-electron chi connectivity index (χ2n) is 5.06. The van der Waals surface area contributed by atoms with Gasteiger partial charge in [-0.15, -0.1) is 4.89 Å². The zero-order valence-electron chi connectivity index (χ0n) is 13.5. The van der Waals surface area contributed by atoms with Gasteiger partial charge < -0.3 is 5.73 Å². The number of hydrogen-bond donors (Lipinski definition) is 3. The average molecular weight is 408 g/mol. The number of phosphoric acid groups is 1. The summed E-state index contributed by atoms with van der Waals surface area (Å²) in [5, 5.41) is 0. The number of hydrogen-bond acceptors (Lipinski definition) is 8. The van der Waals surface area contributed by atoms with Crippen LogP contribution in [-0.2, 0) is 30.9 Å². The zero-order valence-corrected chi connectivity index (χ0v) is 16.1. The monoisotopic (exact) mass is 408 g/mol. The molecular formula is C12H18N4O6P2S+2. The van der Waals surface area contributed by atoms with Crippen molar-refractivity contribution in [3.8, 4) is 0 Å². The summed E-state index contributed by atoms with van der Waals surface area (Å²) in [7, 11) is -7.74. The Morgan fingerprint density at radius 2 is 2.20 bits per heavy atom. The molecule has 0 aliphatic rings. The van der Waals surface area contributed by atoms with Gasteiger partial charge in [-0.2, -0.15) is 4.57 Å². The summed E-state index contributed by atoms with van der Waals surface area (Å²) in [6, 6.07) is 0. The lowest BCUT2D eigenvalue weighted by atomic mass is 10.2. The van der Waals surface area contributed by atoms with Gasteiger partial charge in [-0.3, -0.25) is 9.42 Å². The molecule has 4 N–H and O–H groups in total. The molecule has 2 aromatic heterocycles. The van der Waals surface area contributed by atoms with Crippen molar-refractivity contribution in [2.45, 2.75) is 26.8 Å². The fourth-order valence-corrected chi connectivity index (χ4v) is 4.22. The van der Waals surface area contributed by atoms with E-state index in [1.807, 2.05) is 17.0 Å². The summed E-state index contributed by atoms with van der Waals surface area (Å²) in [5.41, 5.74) is 9.52. The van der Waals surface area contributed by atoms with Gasteiger partial charge in [0.15, 0.2) is 12.2 Å². The summed E-state index contributed by atoms with van der Waals surface area (Å²) in [6.45, 7) is 4.03. The van der Waals surface area contributed by atoms with E-state index in [0.29, 0.717) is 24.6 Å². The van der Waals surface area contributed by atoms with Crippen molar-refractivity contribution < 1.29 is 32.3 Å². The molecule has 0 aliphatic heterocycles. The van der Waals surface area contributed by atoms with E-state index in [9.17, 15) is 14.0 Å². The Kier molecular flexibility index (Phi) is 6.70. The Hall–Kier alpha value is -1.32. The number of thiazole rings is 1. The smallest absolute Gasteiger partial charge is 0.383 e. The number of aromatic nitrogens is 3. The highest BCUT2D eigenvalue weighted by molar-refractivity contribution is 7.55. The minimum absolute atomic E-state index is 0.131. The van der Waals surface area contributed by atoms with Crippen LogP contribution in [0.2, 0.25) is 0 Å². The average Bonchev–Trinajstić information content (AvgIpc) is 2.81. The number of aryl methyl sites for hydroxylation is 1. The normalized spacial score (nSPS) is 14.3. The van der Waals surface area contributed by atoms with Gasteiger partial charge in [-0.1, -0.05) is 11.3 Å². The van der Waals surface area contributed by atoms with Crippen LogP contribution in [0.3, 0.4) is 0 Å². The van der Waals surface area contributed by atoms with E-state index in [1.54, 1.807) is 13.1 Å². The third-order valence-corrected chi connectivity index (χ3v) is 6.31. The molecule has 136 valence electrons. The maximum absolute atomic E-state index is 11.3. The van der Waals surface area contributed by atoms with Crippen LogP contribution in [-0.4, -0.2) is 26.4 Å². The summed E-state index contributed by atoms with van der Waals surface area (Å²) in [5.74, 6) is 1.03. The minimum atomic E-state index is -4.53. The summed E-state index contributed by atoms with van der Waals surface area (Å²) in [6.07, 6.45) is 2.03. The van der Waals surface area contributed by atoms with E-state index in [-0.39, 0.29) is 6.61 Å². The maximum atomic E-state index is 11.3. The number of nitrogens with zero attached hydrogens (tertiary/aromatic N) is 3. The van der Waals surface area contributed by atoms with Crippen LogP contribution in [0.25, 0.3) is 0 Å². The van der Waals surface area contributed by atoms with Gasteiger partial charge in [0.05, 0.1) is 17.0 Å². The molecule has 0 fully saturated rings. The van der Waals surface area contributed by atoms with Crippen molar-refractivity contribution in [3.63, 3.8) is 0 Å². The number of rotatable bonds is 8. The maximum Gasteiger partial charge on any atom is 0.705 e. The summed E-state index contributed by atoms with van der Waals surface area (Å²) < 4.78 is 32.3. The summed E-state index contributed by atoms with van der Waals surface area (Å²) >= 11 is 1.45. The Morgan fingerprint density at radius 3 is 2.84 bits per heavy atom. The molecule has 0 aliphatic carbocycles. The molecule has 2 rings (SSSR count). The highest BCUT2D eigenvalue weighted by Gasteiger charge is 2.34. The quantitative estimate of drug-likeness (QED) is 0.435. The highest BCUT2D eigenvalue weighted by atomic mass is 32.1. The van der Waals surface area contributed by atoms with Crippen LogP contribution in [0.4, 0.5) is 5.82 Å². The number of nitrogens with two attached hydrogens (primary N) is 1. The molecule has 0 bridgehead atoms. The standard InChI is InChI=1S/C12H16N4O6P2S/c1-8-11(3-4-21-24(19,20)22-23(17)18)25-7-16(8)6-10-5-14-9(2)15-12(10)13/h5,7H,3-4,6H2,1-2H3,(H2-2,13,14,15,17,18,19,20)/p+2. The van der Waals surface area contributed by atoms with Crippen LogP contribution < -0.4 is 10.3 Å². The van der Waals surface area contributed by atoms with Crippen molar-refractivity contribution in [2.75, 3.05) is 12.3 Å². The predicted molar refractivity (Wildman–Crippen MR) is 89.9 cm³/mol. The largest absolute Gasteiger partial charge is 0.705 e. The molecule has 2 unspecified atom stereocenters. The zero-order chi connectivity index (χ0) is 18.6. The lowest BCUT2D eigenvalue weighted by Crippen LogP contribution is -2.35. The van der Waals surface area contributed by atoms with Crippen LogP contribution in [0.5, 0.6) is 0 Å². The topological polar surface area (TPSA) is 149 Å². The first kappa shape index (κ1) is 20.0. The third kappa shape index (κ3) is 5.86. The van der Waals surface area contributed by atoms with Crippen LogP contribution >= 0.6 is 27.4 Å². The van der Waals surface area contributed by atoms with E-state index in [4.69, 9.17) is 10.6 Å². The molecule has 0 saturated carbocycles. The SMILES string of the molecule is Cc1ncc(C[n+]2csc(CCOP(=O)(O)O[P+](=O)O)c2C)c(N)n1. The molecule has 10 nitrogen and oxygen atoms in total. The number of anilines is 1.